The number of aromatic nitrogens is 4. The molecule has 0 aliphatic carbocycles. The summed E-state index contributed by atoms with van der Waals surface area (Å²) in [5, 5.41) is 11.9. The molecule has 3 aromatic carbocycles. The van der Waals surface area contributed by atoms with Gasteiger partial charge in [0.25, 0.3) is 0 Å². The first-order chi connectivity index (χ1) is 15.1. The van der Waals surface area contributed by atoms with Gasteiger partial charge in [-0.15, -0.1) is 5.10 Å². The van der Waals surface area contributed by atoms with Crippen LogP contribution in [0.5, 0.6) is 5.75 Å². The van der Waals surface area contributed by atoms with Crippen molar-refractivity contribution in [3.8, 4) is 5.75 Å². The van der Waals surface area contributed by atoms with Gasteiger partial charge in [-0.3, -0.25) is 0 Å². The second-order valence-corrected chi connectivity index (χ2v) is 8.64. The average Bonchev–Trinajstić information content (AvgIpc) is 3.25. The molecule has 0 saturated carbocycles. The van der Waals surface area contributed by atoms with Crippen molar-refractivity contribution in [1.29, 1.82) is 0 Å². The lowest BCUT2D eigenvalue weighted by molar-refractivity contribution is 0.415. The molecule has 5 aromatic rings. The van der Waals surface area contributed by atoms with Gasteiger partial charge < -0.3 is 10.1 Å². The van der Waals surface area contributed by atoms with Crippen LogP contribution in [0.4, 0.5) is 11.5 Å². The maximum atomic E-state index is 13.2. The topological polar surface area (TPSA) is 98.5 Å². The quantitative estimate of drug-likeness (QED) is 0.451. The fourth-order valence-corrected chi connectivity index (χ4v) is 4.59. The van der Waals surface area contributed by atoms with Crippen LogP contribution >= 0.6 is 0 Å². The Kier molecular flexibility index (Phi) is 4.52. The average molecular weight is 431 g/mol. The minimum Gasteiger partial charge on any atom is -0.497 e. The number of benzene rings is 3. The summed E-state index contributed by atoms with van der Waals surface area (Å²) in [4.78, 5) is 4.75. The summed E-state index contributed by atoms with van der Waals surface area (Å²) < 4.78 is 33.0. The van der Waals surface area contributed by atoms with Crippen molar-refractivity contribution in [2.75, 3.05) is 12.4 Å². The second-order valence-electron chi connectivity index (χ2n) is 6.78. The van der Waals surface area contributed by atoms with Crippen LogP contribution < -0.4 is 10.1 Å². The van der Waals surface area contributed by atoms with Crippen LogP contribution in [0, 0.1) is 0 Å². The molecule has 0 aliphatic heterocycles. The molecule has 2 aromatic heterocycles. The third-order valence-corrected chi connectivity index (χ3v) is 6.55. The van der Waals surface area contributed by atoms with E-state index in [1.807, 2.05) is 48.5 Å². The molecule has 0 atom stereocenters. The molecule has 2 heterocycles. The zero-order valence-electron chi connectivity index (χ0n) is 16.4. The number of para-hydroxylation sites is 1. The van der Waals surface area contributed by atoms with E-state index in [0.717, 1.165) is 16.8 Å². The maximum absolute atomic E-state index is 13.2. The van der Waals surface area contributed by atoms with Crippen LogP contribution in [-0.4, -0.2) is 35.3 Å². The molecule has 5 rings (SSSR count). The molecular formula is C22H17N5O3S. The van der Waals surface area contributed by atoms with Crippen LogP contribution in [0.2, 0.25) is 0 Å². The van der Waals surface area contributed by atoms with Crippen molar-refractivity contribution in [1.82, 2.24) is 19.8 Å². The molecule has 0 bridgehead atoms. The summed E-state index contributed by atoms with van der Waals surface area (Å²) >= 11 is 0. The minimum absolute atomic E-state index is 0.136. The Morgan fingerprint density at radius 3 is 2.35 bits per heavy atom. The van der Waals surface area contributed by atoms with Gasteiger partial charge in [-0.05, 0) is 48.5 Å². The number of fused-ring (bicyclic) bond motifs is 3. The van der Waals surface area contributed by atoms with E-state index in [-0.39, 0.29) is 15.6 Å². The van der Waals surface area contributed by atoms with Crippen LogP contribution in [-0.2, 0) is 9.84 Å². The lowest BCUT2D eigenvalue weighted by Crippen LogP contribution is -2.05. The molecule has 0 saturated heterocycles. The van der Waals surface area contributed by atoms with Crippen LogP contribution in [0.15, 0.2) is 88.8 Å². The predicted octanol–water partition coefficient (Wildman–Crippen LogP) is 3.86. The molecule has 0 aliphatic rings. The van der Waals surface area contributed by atoms with Crippen molar-refractivity contribution in [2.45, 2.75) is 9.92 Å². The fraction of sp³-hybridized carbons (Fsp3) is 0.0455. The molecule has 0 unspecified atom stereocenters. The number of nitrogens with one attached hydrogen (secondary N) is 1. The van der Waals surface area contributed by atoms with E-state index < -0.39 is 9.84 Å². The van der Waals surface area contributed by atoms with Gasteiger partial charge in [0, 0.05) is 11.1 Å². The van der Waals surface area contributed by atoms with Crippen LogP contribution in [0.1, 0.15) is 0 Å². The molecule has 0 amide bonds. The highest BCUT2D eigenvalue weighted by molar-refractivity contribution is 7.91. The number of hydrogen-bond acceptors (Lipinski definition) is 7. The van der Waals surface area contributed by atoms with E-state index in [4.69, 9.17) is 4.74 Å². The fourth-order valence-electron chi connectivity index (χ4n) is 3.34. The van der Waals surface area contributed by atoms with Gasteiger partial charge >= 0.3 is 0 Å². The summed E-state index contributed by atoms with van der Waals surface area (Å²) in [5.74, 6) is 1.23. The van der Waals surface area contributed by atoms with Crippen molar-refractivity contribution >= 4 is 37.9 Å². The van der Waals surface area contributed by atoms with Crippen molar-refractivity contribution < 1.29 is 13.2 Å². The monoisotopic (exact) mass is 431 g/mol. The highest BCUT2D eigenvalue weighted by atomic mass is 32.2. The summed E-state index contributed by atoms with van der Waals surface area (Å²) in [7, 11) is -2.29. The molecule has 1 N–H and O–H groups in total. The predicted molar refractivity (Wildman–Crippen MR) is 116 cm³/mol. The largest absolute Gasteiger partial charge is 0.497 e. The molecule has 0 spiro atoms. The second kappa shape index (κ2) is 7.37. The summed E-state index contributed by atoms with van der Waals surface area (Å²) in [6.45, 7) is 0. The van der Waals surface area contributed by atoms with E-state index in [2.05, 4.69) is 20.6 Å². The van der Waals surface area contributed by atoms with Gasteiger partial charge in [0.05, 0.1) is 17.5 Å². The number of ether oxygens (including phenoxy) is 1. The summed E-state index contributed by atoms with van der Waals surface area (Å²) in [6, 6.07) is 23.0. The van der Waals surface area contributed by atoms with Gasteiger partial charge in [0.1, 0.15) is 11.6 Å². The standard InChI is InChI=1S/C22H17N5O3S/c1-30-16-13-11-15(12-14-16)23-20-18-9-5-6-10-19(18)27-21(24-20)22(25-26-27)31(28,29)17-7-3-2-4-8-17/h2-14H,1H3,(H,23,24). The highest BCUT2D eigenvalue weighted by Gasteiger charge is 2.26. The van der Waals surface area contributed by atoms with Crippen molar-refractivity contribution in [3.05, 3.63) is 78.9 Å². The molecule has 0 fully saturated rings. The van der Waals surface area contributed by atoms with E-state index in [1.165, 1.54) is 16.6 Å². The van der Waals surface area contributed by atoms with Crippen molar-refractivity contribution in [3.63, 3.8) is 0 Å². The van der Waals surface area contributed by atoms with Crippen LogP contribution in [0.25, 0.3) is 16.6 Å². The highest BCUT2D eigenvalue weighted by Crippen LogP contribution is 2.29. The van der Waals surface area contributed by atoms with Gasteiger partial charge in [-0.1, -0.05) is 35.5 Å². The number of methoxy groups -OCH3 is 1. The lowest BCUT2D eigenvalue weighted by Gasteiger charge is -2.11. The van der Waals surface area contributed by atoms with E-state index >= 15 is 0 Å². The molecule has 154 valence electrons. The van der Waals surface area contributed by atoms with Gasteiger partial charge in [0.2, 0.25) is 14.9 Å². The first kappa shape index (κ1) is 19.0. The Balaban J connectivity index is 1.71. The molecule has 31 heavy (non-hydrogen) atoms. The minimum atomic E-state index is -3.89. The Bertz CT molecular complexity index is 1500. The van der Waals surface area contributed by atoms with Crippen LogP contribution in [0.3, 0.4) is 0 Å². The normalized spacial score (nSPS) is 11.6. The Hall–Kier alpha value is -3.98. The van der Waals surface area contributed by atoms with Gasteiger partial charge in [0.15, 0.2) is 5.65 Å². The zero-order chi connectivity index (χ0) is 21.4. The SMILES string of the molecule is COc1ccc(Nc2nc3c(S(=O)(=O)c4ccccc4)nnn3c3ccccc23)cc1. The molecule has 8 nitrogen and oxygen atoms in total. The number of nitrogens with zero attached hydrogens (tertiary/aromatic N) is 4. The molecular weight excluding hydrogens is 414 g/mol. The Morgan fingerprint density at radius 1 is 0.903 bits per heavy atom. The smallest absolute Gasteiger partial charge is 0.229 e. The lowest BCUT2D eigenvalue weighted by atomic mass is 10.2. The van der Waals surface area contributed by atoms with E-state index in [0.29, 0.717) is 11.3 Å². The molecule has 0 radical (unpaired) electrons. The zero-order valence-corrected chi connectivity index (χ0v) is 17.2. The third-order valence-electron chi connectivity index (χ3n) is 4.88. The van der Waals surface area contributed by atoms with E-state index in [1.54, 1.807) is 25.3 Å². The first-order valence-electron chi connectivity index (χ1n) is 9.43. The number of sulfone groups is 1. The van der Waals surface area contributed by atoms with Gasteiger partial charge in [-0.2, -0.15) is 4.52 Å². The number of rotatable bonds is 5. The Morgan fingerprint density at radius 2 is 1.61 bits per heavy atom. The summed E-state index contributed by atoms with van der Waals surface area (Å²) in [5.41, 5.74) is 1.62. The number of hydrogen-bond donors (Lipinski definition) is 1. The van der Waals surface area contributed by atoms with E-state index in [9.17, 15) is 8.42 Å². The maximum Gasteiger partial charge on any atom is 0.229 e. The number of anilines is 2. The Labute approximate surface area is 178 Å². The third kappa shape index (κ3) is 3.24. The summed E-state index contributed by atoms with van der Waals surface area (Å²) in [6.07, 6.45) is 0. The first-order valence-corrected chi connectivity index (χ1v) is 10.9. The molecule has 9 heteroatoms. The van der Waals surface area contributed by atoms with Crippen molar-refractivity contribution in [2.24, 2.45) is 0 Å². The van der Waals surface area contributed by atoms with Gasteiger partial charge in [-0.25, -0.2) is 13.4 Å².